The number of carbonyl (C=O) groups is 1. The Labute approximate surface area is 179 Å². The van der Waals surface area contributed by atoms with E-state index in [1.807, 2.05) is 36.4 Å². The number of rotatable bonds is 5. The van der Waals surface area contributed by atoms with Gasteiger partial charge in [-0.1, -0.05) is 36.8 Å². The minimum atomic E-state index is -0.543. The minimum absolute atomic E-state index is 0.0194. The van der Waals surface area contributed by atoms with Crippen molar-refractivity contribution in [2.24, 2.45) is 7.05 Å². The van der Waals surface area contributed by atoms with Crippen LogP contribution in [0.25, 0.3) is 22.2 Å². The number of carbonyl (C=O) groups excluding carboxylic acids is 1. The van der Waals surface area contributed by atoms with Crippen LogP contribution >= 0.6 is 0 Å². The molecule has 4 unspecified atom stereocenters. The molecule has 7 heteroatoms. The summed E-state index contributed by atoms with van der Waals surface area (Å²) in [5.41, 5.74) is 4.28. The Morgan fingerprint density at radius 1 is 1.23 bits per heavy atom. The fourth-order valence-corrected chi connectivity index (χ4v) is 4.69. The van der Waals surface area contributed by atoms with Crippen LogP contribution < -0.4 is 11.1 Å². The Morgan fingerprint density at radius 2 is 2.00 bits per heavy atom. The molecule has 2 aliphatic heterocycles. The summed E-state index contributed by atoms with van der Waals surface area (Å²) in [6.07, 6.45) is 3.88. The molecule has 0 radical (unpaired) electrons. The number of oxazole rings is 1. The maximum atomic E-state index is 12.6. The van der Waals surface area contributed by atoms with Gasteiger partial charge in [-0.05, 0) is 48.2 Å². The van der Waals surface area contributed by atoms with E-state index < -0.39 is 6.04 Å². The monoisotopic (exact) mass is 416 g/mol. The first kappa shape index (κ1) is 19.6. The second-order valence-corrected chi connectivity index (χ2v) is 8.45. The molecule has 0 aliphatic carbocycles. The van der Waals surface area contributed by atoms with Crippen LogP contribution in [0.4, 0.5) is 0 Å². The average molecular weight is 416 g/mol. The van der Waals surface area contributed by atoms with Gasteiger partial charge in [0.2, 0.25) is 5.91 Å². The molecule has 1 N–H and O–H groups in total. The highest BCUT2D eigenvalue weighted by Gasteiger charge is 2.52. The first-order chi connectivity index (χ1) is 15.0. The predicted octanol–water partition coefficient (Wildman–Crippen LogP) is 2.59. The van der Waals surface area contributed by atoms with Gasteiger partial charge in [-0.15, -0.1) is 0 Å². The van der Waals surface area contributed by atoms with Crippen molar-refractivity contribution in [3.05, 3.63) is 58.6 Å². The molecule has 2 saturated heterocycles. The van der Waals surface area contributed by atoms with Crippen molar-refractivity contribution in [1.29, 1.82) is 5.26 Å². The van der Waals surface area contributed by atoms with E-state index in [9.17, 15) is 14.9 Å². The van der Waals surface area contributed by atoms with E-state index in [0.717, 1.165) is 41.6 Å². The molecule has 1 aromatic heterocycles. The van der Waals surface area contributed by atoms with Crippen LogP contribution in [0.3, 0.4) is 0 Å². The Balaban J connectivity index is 1.26. The van der Waals surface area contributed by atoms with Gasteiger partial charge in [0.1, 0.15) is 12.1 Å². The molecule has 3 heterocycles. The van der Waals surface area contributed by atoms with Crippen LogP contribution in [-0.4, -0.2) is 40.0 Å². The van der Waals surface area contributed by atoms with Crippen LogP contribution in [0.1, 0.15) is 24.8 Å². The lowest BCUT2D eigenvalue weighted by Crippen LogP contribution is -2.39. The number of aromatic nitrogens is 1. The van der Waals surface area contributed by atoms with E-state index in [2.05, 4.69) is 16.3 Å². The van der Waals surface area contributed by atoms with Crippen molar-refractivity contribution in [3.8, 4) is 17.2 Å². The number of amides is 1. The molecule has 2 fully saturated rings. The third kappa shape index (κ3) is 3.64. The molecule has 2 aromatic carbocycles. The first-order valence-corrected chi connectivity index (χ1v) is 10.7. The molecule has 31 heavy (non-hydrogen) atoms. The summed E-state index contributed by atoms with van der Waals surface area (Å²) in [6.45, 7) is 0.986. The minimum Gasteiger partial charge on any atom is -0.408 e. The maximum Gasteiger partial charge on any atom is 0.419 e. The Bertz CT molecular complexity index is 1220. The zero-order valence-corrected chi connectivity index (χ0v) is 17.4. The topological polar surface area (TPSA) is 91.0 Å². The highest BCUT2D eigenvalue weighted by Crippen LogP contribution is 2.36. The number of fused-ring (bicyclic) bond motifs is 2. The van der Waals surface area contributed by atoms with Crippen LogP contribution in [0.15, 0.2) is 51.7 Å². The third-order valence-corrected chi connectivity index (χ3v) is 6.48. The number of hydrogen-bond acceptors (Lipinski definition) is 5. The number of nitrogens with one attached hydrogen (secondary N) is 1. The summed E-state index contributed by atoms with van der Waals surface area (Å²) in [7, 11) is 1.69. The fourth-order valence-electron chi connectivity index (χ4n) is 4.69. The van der Waals surface area contributed by atoms with E-state index in [-0.39, 0.29) is 17.7 Å². The van der Waals surface area contributed by atoms with Gasteiger partial charge in [0.25, 0.3) is 0 Å². The lowest BCUT2D eigenvalue weighted by molar-refractivity contribution is -0.121. The second kappa shape index (κ2) is 7.71. The van der Waals surface area contributed by atoms with Crippen LogP contribution in [0.2, 0.25) is 0 Å². The van der Waals surface area contributed by atoms with E-state index in [1.54, 1.807) is 13.1 Å². The normalized spacial score (nSPS) is 23.0. The molecule has 4 atom stereocenters. The lowest BCUT2D eigenvalue weighted by Gasteiger charge is -2.12. The van der Waals surface area contributed by atoms with Gasteiger partial charge >= 0.3 is 5.76 Å². The molecular formula is C24H24N4O3. The lowest BCUT2D eigenvalue weighted by atomic mass is 10.0. The van der Waals surface area contributed by atoms with Gasteiger partial charge in [-0.25, -0.2) is 4.79 Å². The van der Waals surface area contributed by atoms with Crippen molar-refractivity contribution in [2.45, 2.75) is 43.8 Å². The summed E-state index contributed by atoms with van der Waals surface area (Å²) in [5, 5.41) is 12.5. The van der Waals surface area contributed by atoms with Crippen molar-refractivity contribution in [1.82, 2.24) is 14.8 Å². The van der Waals surface area contributed by atoms with Gasteiger partial charge in [0.15, 0.2) is 5.58 Å². The van der Waals surface area contributed by atoms with Gasteiger partial charge in [-0.2, -0.15) is 5.26 Å². The Hall–Kier alpha value is -3.37. The fraction of sp³-hybridized carbons (Fsp3) is 0.375. The van der Waals surface area contributed by atoms with Crippen molar-refractivity contribution in [3.63, 3.8) is 0 Å². The van der Waals surface area contributed by atoms with Crippen molar-refractivity contribution in [2.75, 3.05) is 6.54 Å². The van der Waals surface area contributed by atoms with Crippen molar-refractivity contribution < 1.29 is 9.21 Å². The highest BCUT2D eigenvalue weighted by atomic mass is 16.4. The highest BCUT2D eigenvalue weighted by molar-refractivity contribution is 5.86. The number of nitrogens with zero attached hydrogens (tertiary/aromatic N) is 3. The maximum absolute atomic E-state index is 12.6. The summed E-state index contributed by atoms with van der Waals surface area (Å²) < 4.78 is 6.67. The Morgan fingerprint density at radius 3 is 2.71 bits per heavy atom. The molecule has 158 valence electrons. The van der Waals surface area contributed by atoms with Gasteiger partial charge in [0.05, 0.1) is 11.6 Å². The molecule has 0 bridgehead atoms. The standard InChI is InChI=1S/C24H24N4O3/c1-27-20-13-17(9-10-21(20)31-24(27)30)16-7-5-15(6-8-16)12-18(14-25)26-23(29)22-19-4-2-3-11-28(19)22/h5-10,13,18-19,22H,2-4,11-12H2,1H3,(H,26,29). The summed E-state index contributed by atoms with van der Waals surface area (Å²) in [5.74, 6) is -0.400. The van der Waals surface area contributed by atoms with E-state index in [1.165, 1.54) is 11.0 Å². The number of nitriles is 1. The number of aryl methyl sites for hydroxylation is 1. The molecular weight excluding hydrogens is 392 g/mol. The third-order valence-electron chi connectivity index (χ3n) is 6.48. The first-order valence-electron chi connectivity index (χ1n) is 10.7. The van der Waals surface area contributed by atoms with E-state index >= 15 is 0 Å². The van der Waals surface area contributed by atoms with Crippen LogP contribution in [0.5, 0.6) is 0 Å². The number of benzene rings is 2. The molecule has 3 aromatic rings. The number of piperidine rings is 1. The average Bonchev–Trinajstić information content (AvgIpc) is 3.46. The molecule has 1 amide bonds. The predicted molar refractivity (Wildman–Crippen MR) is 116 cm³/mol. The SMILES string of the molecule is Cn1c(=O)oc2ccc(-c3ccc(CC(C#N)NC(=O)C4C5CCCCN54)cc3)cc21. The van der Waals surface area contributed by atoms with Crippen LogP contribution in [-0.2, 0) is 18.3 Å². The quantitative estimate of drug-likeness (QED) is 0.646. The molecule has 5 rings (SSSR count). The van der Waals surface area contributed by atoms with E-state index in [4.69, 9.17) is 4.42 Å². The van der Waals surface area contributed by atoms with Gasteiger partial charge < -0.3 is 9.73 Å². The van der Waals surface area contributed by atoms with Gasteiger partial charge in [0, 0.05) is 19.5 Å². The van der Waals surface area contributed by atoms with Crippen LogP contribution in [0, 0.1) is 11.3 Å². The zero-order chi connectivity index (χ0) is 21.5. The summed E-state index contributed by atoms with van der Waals surface area (Å²) in [6, 6.07) is 15.6. The Kier molecular flexibility index (Phi) is 4.87. The molecule has 0 spiro atoms. The zero-order valence-electron chi connectivity index (χ0n) is 17.4. The van der Waals surface area contributed by atoms with Gasteiger partial charge in [-0.3, -0.25) is 14.3 Å². The molecule has 0 saturated carbocycles. The largest absolute Gasteiger partial charge is 0.419 e. The van der Waals surface area contributed by atoms with Crippen molar-refractivity contribution >= 4 is 17.0 Å². The molecule has 2 aliphatic rings. The smallest absolute Gasteiger partial charge is 0.408 e. The number of hydrogen-bond donors (Lipinski definition) is 1. The summed E-state index contributed by atoms with van der Waals surface area (Å²) in [4.78, 5) is 26.5. The summed E-state index contributed by atoms with van der Waals surface area (Å²) >= 11 is 0. The second-order valence-electron chi connectivity index (χ2n) is 8.45. The van der Waals surface area contributed by atoms with E-state index in [0.29, 0.717) is 18.0 Å². The molecule has 7 nitrogen and oxygen atoms in total.